The molecule has 0 fully saturated rings. The Morgan fingerprint density at radius 3 is 2.50 bits per heavy atom. The molecule has 0 aromatic carbocycles. The lowest BCUT2D eigenvalue weighted by Crippen LogP contribution is -2.38. The summed E-state index contributed by atoms with van der Waals surface area (Å²) in [6, 6.07) is 0. The van der Waals surface area contributed by atoms with Crippen LogP contribution in [0.4, 0.5) is 0 Å². The number of nitrogens with zero attached hydrogens (tertiary/aromatic N) is 1. The van der Waals surface area contributed by atoms with E-state index in [1.807, 2.05) is 18.7 Å². The van der Waals surface area contributed by atoms with Crippen LogP contribution in [0.5, 0.6) is 0 Å². The summed E-state index contributed by atoms with van der Waals surface area (Å²) in [7, 11) is 1.80. The molecule has 96 valence electrons. The third kappa shape index (κ3) is 10.1. The minimum Gasteiger partial charge on any atom is -0.382 e. The van der Waals surface area contributed by atoms with Gasteiger partial charge < -0.3 is 15.4 Å². The number of thioether (sulfide) groups is 1. The lowest BCUT2D eigenvalue weighted by molar-refractivity contribution is 0.145. The molecule has 16 heavy (non-hydrogen) atoms. The molecule has 5 heteroatoms. The van der Waals surface area contributed by atoms with Gasteiger partial charge >= 0.3 is 0 Å². The van der Waals surface area contributed by atoms with Gasteiger partial charge in [0.1, 0.15) is 0 Å². The van der Waals surface area contributed by atoms with Crippen molar-refractivity contribution in [2.24, 2.45) is 4.99 Å². The summed E-state index contributed by atoms with van der Waals surface area (Å²) in [6.45, 7) is 5.50. The highest BCUT2D eigenvalue weighted by Crippen LogP contribution is 1.93. The first-order chi connectivity index (χ1) is 7.85. The van der Waals surface area contributed by atoms with Crippen LogP contribution in [-0.4, -0.2) is 51.3 Å². The minimum absolute atomic E-state index is 0.793. The molecular formula is C11H25N3OS. The molecule has 0 unspecified atom stereocenters. The van der Waals surface area contributed by atoms with Gasteiger partial charge in [-0.05, 0) is 31.8 Å². The molecule has 0 saturated carbocycles. The van der Waals surface area contributed by atoms with E-state index in [0.29, 0.717) is 0 Å². The second-order valence-corrected chi connectivity index (χ2v) is 4.31. The predicted molar refractivity (Wildman–Crippen MR) is 73.5 cm³/mol. The van der Waals surface area contributed by atoms with E-state index in [-0.39, 0.29) is 0 Å². The van der Waals surface area contributed by atoms with E-state index in [2.05, 4.69) is 21.9 Å². The number of aliphatic imine (C=N–C) groups is 1. The molecule has 0 amide bonds. The van der Waals surface area contributed by atoms with E-state index in [4.69, 9.17) is 4.74 Å². The predicted octanol–water partition coefficient (Wildman–Crippen LogP) is 1.33. The third-order valence-corrected chi connectivity index (χ3v) is 2.70. The molecule has 0 aliphatic rings. The number of hydrogen-bond acceptors (Lipinski definition) is 3. The van der Waals surface area contributed by atoms with E-state index in [1.54, 1.807) is 7.05 Å². The van der Waals surface area contributed by atoms with Gasteiger partial charge in [0, 0.05) is 33.4 Å². The fraction of sp³-hybridized carbons (Fsp3) is 0.909. The summed E-state index contributed by atoms with van der Waals surface area (Å²) in [6.07, 6.45) is 4.31. The van der Waals surface area contributed by atoms with Crippen LogP contribution in [-0.2, 0) is 4.74 Å². The monoisotopic (exact) mass is 247 g/mol. The summed E-state index contributed by atoms with van der Waals surface area (Å²) in [5.74, 6) is 2.08. The number of rotatable bonds is 9. The Kier molecular flexibility index (Phi) is 12.3. The van der Waals surface area contributed by atoms with Crippen molar-refractivity contribution in [1.29, 1.82) is 0 Å². The molecule has 0 heterocycles. The molecule has 0 bridgehead atoms. The van der Waals surface area contributed by atoms with Crippen LogP contribution in [0.1, 0.15) is 19.8 Å². The van der Waals surface area contributed by atoms with E-state index in [0.717, 1.165) is 38.7 Å². The normalized spacial score (nSPS) is 11.6. The minimum atomic E-state index is 0.793. The van der Waals surface area contributed by atoms with Crippen LogP contribution in [0.3, 0.4) is 0 Å². The van der Waals surface area contributed by atoms with Crippen molar-refractivity contribution in [3.8, 4) is 0 Å². The zero-order chi connectivity index (χ0) is 12.1. The maximum absolute atomic E-state index is 5.26. The average molecular weight is 247 g/mol. The van der Waals surface area contributed by atoms with Gasteiger partial charge in [0.2, 0.25) is 0 Å². The zero-order valence-electron chi connectivity index (χ0n) is 10.7. The van der Waals surface area contributed by atoms with Crippen LogP contribution in [0.25, 0.3) is 0 Å². The van der Waals surface area contributed by atoms with Crippen molar-refractivity contribution in [3.63, 3.8) is 0 Å². The highest BCUT2D eigenvalue weighted by atomic mass is 32.2. The van der Waals surface area contributed by atoms with Crippen LogP contribution >= 0.6 is 11.8 Å². The summed E-state index contributed by atoms with van der Waals surface area (Å²) >= 11 is 1.87. The van der Waals surface area contributed by atoms with Crippen molar-refractivity contribution in [1.82, 2.24) is 10.6 Å². The first-order valence-electron chi connectivity index (χ1n) is 5.86. The number of hydrogen-bond donors (Lipinski definition) is 2. The lowest BCUT2D eigenvalue weighted by Gasteiger charge is -2.11. The maximum atomic E-state index is 5.26. The molecular weight excluding hydrogens is 222 g/mol. The van der Waals surface area contributed by atoms with Crippen molar-refractivity contribution in [2.45, 2.75) is 19.8 Å². The summed E-state index contributed by atoms with van der Waals surface area (Å²) in [4.78, 5) is 4.15. The highest BCUT2D eigenvalue weighted by Gasteiger charge is 1.95. The third-order valence-electron chi connectivity index (χ3n) is 2.00. The van der Waals surface area contributed by atoms with Gasteiger partial charge in [-0.15, -0.1) is 0 Å². The van der Waals surface area contributed by atoms with Crippen LogP contribution in [0.15, 0.2) is 4.99 Å². The van der Waals surface area contributed by atoms with Gasteiger partial charge in [0.15, 0.2) is 5.96 Å². The lowest BCUT2D eigenvalue weighted by atomic mass is 10.4. The standard InChI is InChI=1S/C11H25N3OS/c1-4-15-9-5-7-13-11(12-2)14-8-6-10-16-3/h4-10H2,1-3H3,(H2,12,13,14). The van der Waals surface area contributed by atoms with Gasteiger partial charge in [-0.25, -0.2) is 0 Å². The van der Waals surface area contributed by atoms with Crippen molar-refractivity contribution in [3.05, 3.63) is 0 Å². The SMILES string of the molecule is CCOCCCNC(=NC)NCCCSC. The van der Waals surface area contributed by atoms with E-state index in [1.165, 1.54) is 12.2 Å². The molecule has 0 saturated heterocycles. The molecule has 0 aliphatic heterocycles. The fourth-order valence-corrected chi connectivity index (χ4v) is 1.60. The summed E-state index contributed by atoms with van der Waals surface area (Å²) in [5, 5.41) is 6.54. The highest BCUT2D eigenvalue weighted by molar-refractivity contribution is 7.98. The summed E-state index contributed by atoms with van der Waals surface area (Å²) in [5.41, 5.74) is 0. The van der Waals surface area contributed by atoms with Crippen molar-refractivity contribution >= 4 is 17.7 Å². The Bertz CT molecular complexity index is 177. The zero-order valence-corrected chi connectivity index (χ0v) is 11.5. The smallest absolute Gasteiger partial charge is 0.190 e. The first kappa shape index (κ1) is 15.6. The fourth-order valence-electron chi connectivity index (χ4n) is 1.17. The van der Waals surface area contributed by atoms with Gasteiger partial charge in [-0.2, -0.15) is 11.8 Å². The molecule has 0 spiro atoms. The van der Waals surface area contributed by atoms with Crippen molar-refractivity contribution < 1.29 is 4.74 Å². The molecule has 0 atom stereocenters. The Morgan fingerprint density at radius 1 is 1.25 bits per heavy atom. The average Bonchev–Trinajstić information content (AvgIpc) is 2.31. The quantitative estimate of drug-likeness (QED) is 0.366. The Morgan fingerprint density at radius 2 is 1.94 bits per heavy atom. The summed E-state index contributed by atoms with van der Waals surface area (Å²) < 4.78 is 5.26. The first-order valence-corrected chi connectivity index (χ1v) is 7.25. The Labute approximate surface area is 104 Å². The Balaban J connectivity index is 3.38. The number of ether oxygens (including phenoxy) is 1. The van der Waals surface area contributed by atoms with Gasteiger partial charge in [0.05, 0.1) is 0 Å². The van der Waals surface area contributed by atoms with Crippen molar-refractivity contribution in [2.75, 3.05) is 45.4 Å². The molecule has 2 N–H and O–H groups in total. The van der Waals surface area contributed by atoms with Gasteiger partial charge in [0.25, 0.3) is 0 Å². The molecule has 4 nitrogen and oxygen atoms in total. The number of nitrogens with one attached hydrogen (secondary N) is 2. The Hall–Kier alpha value is -0.420. The second kappa shape index (κ2) is 12.6. The van der Waals surface area contributed by atoms with E-state index >= 15 is 0 Å². The molecule has 0 aromatic heterocycles. The van der Waals surface area contributed by atoms with Gasteiger partial charge in [-0.3, -0.25) is 4.99 Å². The van der Waals surface area contributed by atoms with E-state index in [9.17, 15) is 0 Å². The van der Waals surface area contributed by atoms with Gasteiger partial charge in [-0.1, -0.05) is 0 Å². The molecule has 0 aliphatic carbocycles. The van der Waals surface area contributed by atoms with E-state index < -0.39 is 0 Å². The largest absolute Gasteiger partial charge is 0.382 e. The second-order valence-electron chi connectivity index (χ2n) is 3.32. The van der Waals surface area contributed by atoms with Crippen LogP contribution in [0.2, 0.25) is 0 Å². The maximum Gasteiger partial charge on any atom is 0.190 e. The molecule has 0 radical (unpaired) electrons. The number of guanidine groups is 1. The van der Waals surface area contributed by atoms with Crippen LogP contribution in [0, 0.1) is 0 Å². The molecule has 0 aromatic rings. The topological polar surface area (TPSA) is 45.6 Å². The molecule has 0 rings (SSSR count). The van der Waals surface area contributed by atoms with Crippen LogP contribution < -0.4 is 10.6 Å².